The van der Waals surface area contributed by atoms with Crippen molar-refractivity contribution in [1.29, 1.82) is 0 Å². The first kappa shape index (κ1) is 15.1. The second-order valence-corrected chi connectivity index (χ2v) is 4.08. The van der Waals surface area contributed by atoms with Crippen molar-refractivity contribution in [3.05, 3.63) is 24.3 Å². The van der Waals surface area contributed by atoms with Crippen LogP contribution in [0, 0.1) is 0 Å². The predicted molar refractivity (Wildman–Crippen MR) is 71.5 cm³/mol. The summed E-state index contributed by atoms with van der Waals surface area (Å²) in [4.78, 5) is 33.0. The van der Waals surface area contributed by atoms with Gasteiger partial charge in [0.15, 0.2) is 0 Å². The van der Waals surface area contributed by atoms with Crippen molar-refractivity contribution in [2.45, 2.75) is 26.7 Å². The molecule has 19 heavy (non-hydrogen) atoms. The summed E-state index contributed by atoms with van der Waals surface area (Å²) in [6.07, 6.45) is 5.64. The molecule has 6 nitrogen and oxygen atoms in total. The summed E-state index contributed by atoms with van der Waals surface area (Å²) in [5.41, 5.74) is 0.304. The summed E-state index contributed by atoms with van der Waals surface area (Å²) in [5, 5.41) is 2.79. The fourth-order valence-electron chi connectivity index (χ4n) is 1.56. The van der Waals surface area contributed by atoms with Gasteiger partial charge in [0, 0.05) is 38.4 Å². The normalized spacial score (nSPS) is 10.0. The van der Waals surface area contributed by atoms with Crippen molar-refractivity contribution in [3.8, 4) is 0 Å². The Labute approximate surface area is 113 Å². The molecule has 1 heterocycles. The van der Waals surface area contributed by atoms with Crippen molar-refractivity contribution in [3.63, 3.8) is 0 Å². The molecule has 0 aliphatic rings. The average Bonchev–Trinajstić information content (AvgIpc) is 2.46. The van der Waals surface area contributed by atoms with Crippen LogP contribution in [0.15, 0.2) is 18.6 Å². The van der Waals surface area contributed by atoms with Crippen molar-refractivity contribution < 1.29 is 9.59 Å². The molecule has 1 N–H and O–H groups in total. The Hall–Kier alpha value is -1.98. The lowest BCUT2D eigenvalue weighted by Gasteiger charge is -2.19. The highest BCUT2D eigenvalue weighted by molar-refractivity contribution is 5.92. The summed E-state index contributed by atoms with van der Waals surface area (Å²) < 4.78 is 0. The number of hydrogen-bond acceptors (Lipinski definition) is 4. The molecule has 0 fully saturated rings. The Balaban J connectivity index is 2.50. The summed E-state index contributed by atoms with van der Waals surface area (Å²) >= 11 is 0. The monoisotopic (exact) mass is 264 g/mol. The third kappa shape index (κ3) is 5.03. The third-order valence-corrected chi connectivity index (χ3v) is 2.63. The van der Waals surface area contributed by atoms with Gasteiger partial charge in [-0.2, -0.15) is 0 Å². The summed E-state index contributed by atoms with van der Waals surface area (Å²) in [7, 11) is 0. The number of nitrogens with one attached hydrogen (secondary N) is 1. The molecule has 0 aromatic carbocycles. The molecular formula is C13H20N4O2. The molecule has 0 saturated carbocycles. The van der Waals surface area contributed by atoms with Crippen molar-refractivity contribution >= 4 is 11.8 Å². The van der Waals surface area contributed by atoms with Crippen LogP contribution in [-0.2, 0) is 4.79 Å². The van der Waals surface area contributed by atoms with E-state index in [9.17, 15) is 9.59 Å². The van der Waals surface area contributed by atoms with Crippen molar-refractivity contribution in [1.82, 2.24) is 20.2 Å². The SMILES string of the molecule is CCCNC(=O)CCN(CC)C(=O)c1cnccn1. The molecule has 1 aromatic heterocycles. The molecule has 0 unspecified atom stereocenters. The Morgan fingerprint density at radius 3 is 2.68 bits per heavy atom. The minimum atomic E-state index is -0.195. The largest absolute Gasteiger partial charge is 0.356 e. The Morgan fingerprint density at radius 2 is 2.11 bits per heavy atom. The zero-order valence-electron chi connectivity index (χ0n) is 11.4. The molecule has 0 atom stereocenters. The Morgan fingerprint density at radius 1 is 1.32 bits per heavy atom. The zero-order valence-corrected chi connectivity index (χ0v) is 11.4. The molecule has 0 bridgehead atoms. The van der Waals surface area contributed by atoms with E-state index in [0.717, 1.165) is 6.42 Å². The van der Waals surface area contributed by atoms with Gasteiger partial charge in [-0.25, -0.2) is 4.98 Å². The van der Waals surface area contributed by atoms with Crippen molar-refractivity contribution in [2.75, 3.05) is 19.6 Å². The van der Waals surface area contributed by atoms with Gasteiger partial charge in [-0.05, 0) is 13.3 Å². The molecular weight excluding hydrogens is 244 g/mol. The van der Waals surface area contributed by atoms with E-state index in [-0.39, 0.29) is 11.8 Å². The molecule has 2 amide bonds. The number of rotatable bonds is 7. The number of carbonyl (C=O) groups is 2. The van der Waals surface area contributed by atoms with Crippen LogP contribution in [0.1, 0.15) is 37.2 Å². The van der Waals surface area contributed by atoms with Gasteiger partial charge in [0.2, 0.25) is 5.91 Å². The number of nitrogens with zero attached hydrogens (tertiary/aromatic N) is 3. The van der Waals surface area contributed by atoms with Crippen LogP contribution in [0.2, 0.25) is 0 Å². The lowest BCUT2D eigenvalue weighted by molar-refractivity contribution is -0.121. The van der Waals surface area contributed by atoms with Crippen LogP contribution in [0.5, 0.6) is 0 Å². The van der Waals surface area contributed by atoms with E-state index in [1.807, 2.05) is 13.8 Å². The van der Waals surface area contributed by atoms with Crippen molar-refractivity contribution in [2.24, 2.45) is 0 Å². The van der Waals surface area contributed by atoms with E-state index >= 15 is 0 Å². The molecule has 0 saturated heterocycles. The Kier molecular flexibility index (Phi) is 6.49. The standard InChI is InChI=1S/C13H20N4O2/c1-3-6-16-12(18)5-9-17(4-2)13(19)11-10-14-7-8-15-11/h7-8,10H,3-6,9H2,1-2H3,(H,16,18). The number of hydrogen-bond donors (Lipinski definition) is 1. The third-order valence-electron chi connectivity index (χ3n) is 2.63. The van der Waals surface area contributed by atoms with E-state index in [1.165, 1.54) is 18.6 Å². The maximum Gasteiger partial charge on any atom is 0.274 e. The zero-order chi connectivity index (χ0) is 14.1. The van der Waals surface area contributed by atoms with Gasteiger partial charge >= 0.3 is 0 Å². The van der Waals surface area contributed by atoms with Gasteiger partial charge in [0.25, 0.3) is 5.91 Å². The predicted octanol–water partition coefficient (Wildman–Crippen LogP) is 0.855. The second-order valence-electron chi connectivity index (χ2n) is 4.08. The van der Waals surface area contributed by atoms with Crippen LogP contribution in [0.4, 0.5) is 0 Å². The lowest BCUT2D eigenvalue weighted by Crippen LogP contribution is -2.35. The van der Waals surface area contributed by atoms with E-state index in [1.54, 1.807) is 4.90 Å². The molecule has 0 radical (unpaired) electrons. The summed E-state index contributed by atoms with van der Waals surface area (Å²) in [6, 6.07) is 0. The van der Waals surface area contributed by atoms with Crippen LogP contribution >= 0.6 is 0 Å². The highest BCUT2D eigenvalue weighted by Gasteiger charge is 2.16. The number of aromatic nitrogens is 2. The Bertz CT molecular complexity index is 408. The second kappa shape index (κ2) is 8.18. The lowest BCUT2D eigenvalue weighted by atomic mass is 10.3. The van der Waals surface area contributed by atoms with Gasteiger partial charge < -0.3 is 10.2 Å². The van der Waals surface area contributed by atoms with Gasteiger partial charge in [-0.3, -0.25) is 14.6 Å². The van der Waals surface area contributed by atoms with Crippen LogP contribution in [0.25, 0.3) is 0 Å². The summed E-state index contributed by atoms with van der Waals surface area (Å²) in [5.74, 6) is -0.230. The molecule has 0 aliphatic carbocycles. The van der Waals surface area contributed by atoms with Gasteiger partial charge in [-0.1, -0.05) is 6.92 Å². The minimum absolute atomic E-state index is 0.0350. The van der Waals surface area contributed by atoms with E-state index in [2.05, 4.69) is 15.3 Å². The maximum atomic E-state index is 12.1. The summed E-state index contributed by atoms with van der Waals surface area (Å²) in [6.45, 7) is 5.47. The number of carbonyl (C=O) groups excluding carboxylic acids is 2. The fraction of sp³-hybridized carbons (Fsp3) is 0.538. The molecule has 1 aromatic rings. The first-order chi connectivity index (χ1) is 9.19. The topological polar surface area (TPSA) is 75.2 Å². The first-order valence-electron chi connectivity index (χ1n) is 6.51. The minimum Gasteiger partial charge on any atom is -0.356 e. The fourth-order valence-corrected chi connectivity index (χ4v) is 1.56. The van der Waals surface area contributed by atoms with E-state index in [4.69, 9.17) is 0 Å². The highest BCUT2D eigenvalue weighted by atomic mass is 16.2. The van der Waals surface area contributed by atoms with Gasteiger partial charge in [0.1, 0.15) is 5.69 Å². The van der Waals surface area contributed by atoms with E-state index < -0.39 is 0 Å². The quantitative estimate of drug-likeness (QED) is 0.792. The van der Waals surface area contributed by atoms with Crippen LogP contribution in [-0.4, -0.2) is 46.3 Å². The van der Waals surface area contributed by atoms with Gasteiger partial charge in [-0.15, -0.1) is 0 Å². The maximum absolute atomic E-state index is 12.1. The molecule has 0 spiro atoms. The molecule has 6 heteroatoms. The highest BCUT2D eigenvalue weighted by Crippen LogP contribution is 2.01. The van der Waals surface area contributed by atoms with Gasteiger partial charge in [0.05, 0.1) is 6.20 Å². The first-order valence-corrected chi connectivity index (χ1v) is 6.51. The molecule has 0 aliphatic heterocycles. The van der Waals surface area contributed by atoms with Crippen LogP contribution in [0.3, 0.4) is 0 Å². The molecule has 1 rings (SSSR count). The smallest absolute Gasteiger partial charge is 0.274 e. The average molecular weight is 264 g/mol. The number of amides is 2. The van der Waals surface area contributed by atoms with E-state index in [0.29, 0.717) is 31.7 Å². The molecule has 104 valence electrons. The van der Waals surface area contributed by atoms with Crippen LogP contribution < -0.4 is 5.32 Å².